The number of rotatable bonds is 7. The van der Waals surface area contributed by atoms with Crippen LogP contribution in [-0.2, 0) is 20.7 Å². The fourth-order valence-electron chi connectivity index (χ4n) is 2.70. The second kappa shape index (κ2) is 7.99. The van der Waals surface area contributed by atoms with E-state index in [0.717, 1.165) is 40.5 Å². The molecule has 1 amide bonds. The van der Waals surface area contributed by atoms with E-state index in [1.807, 2.05) is 32.9 Å². The van der Waals surface area contributed by atoms with Crippen LogP contribution in [0.15, 0.2) is 22.8 Å². The molecule has 1 aromatic heterocycles. The number of benzene rings is 1. The summed E-state index contributed by atoms with van der Waals surface area (Å²) in [5.74, 6) is -0.706. The topological polar surface area (TPSA) is 68.5 Å². The lowest BCUT2D eigenvalue weighted by molar-refractivity contribution is -0.148. The number of hydrogen-bond donors (Lipinski definition) is 1. The molecule has 0 spiro atoms. The van der Waals surface area contributed by atoms with Crippen LogP contribution in [0.5, 0.6) is 0 Å². The molecular formula is C19H25NO4. The molecule has 1 aromatic carbocycles. The highest BCUT2D eigenvalue weighted by atomic mass is 16.5. The quantitative estimate of drug-likeness (QED) is 0.789. The second-order valence-electron chi connectivity index (χ2n) is 6.24. The first-order chi connectivity index (χ1) is 11.4. The maximum Gasteiger partial charge on any atom is 0.310 e. The van der Waals surface area contributed by atoms with Crippen LogP contribution < -0.4 is 5.32 Å². The molecule has 0 saturated heterocycles. The number of aryl methyl sites for hydroxylation is 2. The number of esters is 1. The van der Waals surface area contributed by atoms with Crippen LogP contribution in [0.2, 0.25) is 0 Å². The molecule has 24 heavy (non-hydrogen) atoms. The lowest BCUT2D eigenvalue weighted by atomic mass is 10.0. The molecular weight excluding hydrogens is 306 g/mol. The molecule has 0 aliphatic heterocycles. The number of amides is 1. The van der Waals surface area contributed by atoms with E-state index >= 15 is 0 Å². The van der Waals surface area contributed by atoms with Crippen molar-refractivity contribution < 1.29 is 18.7 Å². The van der Waals surface area contributed by atoms with Crippen LogP contribution in [0.4, 0.5) is 0 Å². The van der Waals surface area contributed by atoms with E-state index < -0.39 is 5.97 Å². The normalized spacial score (nSPS) is 12.2. The van der Waals surface area contributed by atoms with E-state index in [1.54, 1.807) is 6.26 Å². The average molecular weight is 331 g/mol. The molecule has 0 radical (unpaired) electrons. The van der Waals surface area contributed by atoms with Gasteiger partial charge in [-0.15, -0.1) is 0 Å². The highest BCUT2D eigenvalue weighted by molar-refractivity contribution is 5.89. The summed E-state index contributed by atoms with van der Waals surface area (Å²) in [4.78, 5) is 23.7. The Morgan fingerprint density at radius 2 is 2.04 bits per heavy atom. The predicted molar refractivity (Wildman–Crippen MR) is 92.9 cm³/mol. The first kappa shape index (κ1) is 18.0. The maximum absolute atomic E-state index is 12.0. The van der Waals surface area contributed by atoms with Crippen LogP contribution >= 0.6 is 0 Å². The Bertz CT molecular complexity index is 732. The molecule has 1 heterocycles. The summed E-state index contributed by atoms with van der Waals surface area (Å²) in [5.41, 5.74) is 3.78. The van der Waals surface area contributed by atoms with Crippen LogP contribution in [0.1, 0.15) is 43.4 Å². The summed E-state index contributed by atoms with van der Waals surface area (Å²) in [5, 5.41) is 3.72. The van der Waals surface area contributed by atoms with Gasteiger partial charge in [-0.25, -0.2) is 0 Å². The van der Waals surface area contributed by atoms with Crippen molar-refractivity contribution in [1.82, 2.24) is 5.32 Å². The summed E-state index contributed by atoms with van der Waals surface area (Å²) in [6.07, 6.45) is 3.57. The first-order valence-corrected chi connectivity index (χ1v) is 8.33. The fraction of sp³-hybridized carbons (Fsp3) is 0.474. The molecule has 0 aliphatic carbocycles. The van der Waals surface area contributed by atoms with Crippen molar-refractivity contribution >= 4 is 22.8 Å². The molecule has 2 aromatic rings. The summed E-state index contributed by atoms with van der Waals surface area (Å²) < 4.78 is 10.6. The van der Waals surface area contributed by atoms with E-state index in [0.29, 0.717) is 0 Å². The predicted octanol–water partition coefficient (Wildman–Crippen LogP) is 3.44. The van der Waals surface area contributed by atoms with Crippen molar-refractivity contribution in [3.05, 3.63) is 35.1 Å². The zero-order chi connectivity index (χ0) is 17.7. The molecule has 0 saturated carbocycles. The van der Waals surface area contributed by atoms with Gasteiger partial charge in [0.05, 0.1) is 12.7 Å². The van der Waals surface area contributed by atoms with Crippen LogP contribution in [0.25, 0.3) is 11.0 Å². The summed E-state index contributed by atoms with van der Waals surface area (Å²) in [7, 11) is 0. The van der Waals surface area contributed by atoms with Crippen molar-refractivity contribution in [3.63, 3.8) is 0 Å². The number of hydrogen-bond acceptors (Lipinski definition) is 4. The molecule has 5 heteroatoms. The van der Waals surface area contributed by atoms with Crippen LogP contribution in [0, 0.1) is 13.8 Å². The minimum Gasteiger partial charge on any atom is -0.464 e. The number of carbonyl (C=O) groups is 2. The fourth-order valence-corrected chi connectivity index (χ4v) is 2.70. The van der Waals surface area contributed by atoms with Gasteiger partial charge in [-0.2, -0.15) is 0 Å². The lowest BCUT2D eigenvalue weighted by Gasteiger charge is -2.12. The SMILES string of the molecule is CCC[C@H](C)NC(=O)COC(=O)Cc1coc2c(C)c(C)ccc12. The van der Waals surface area contributed by atoms with E-state index in [4.69, 9.17) is 9.15 Å². The zero-order valence-corrected chi connectivity index (χ0v) is 14.8. The van der Waals surface area contributed by atoms with Crippen LogP contribution in [0.3, 0.4) is 0 Å². The van der Waals surface area contributed by atoms with Gasteiger partial charge in [-0.05, 0) is 38.3 Å². The van der Waals surface area contributed by atoms with Crippen molar-refractivity contribution in [2.45, 2.75) is 53.0 Å². The van der Waals surface area contributed by atoms with Gasteiger partial charge in [0.15, 0.2) is 6.61 Å². The third kappa shape index (κ3) is 4.37. The third-order valence-corrected chi connectivity index (χ3v) is 4.17. The van der Waals surface area contributed by atoms with E-state index in [1.165, 1.54) is 0 Å². The van der Waals surface area contributed by atoms with Crippen molar-refractivity contribution in [2.24, 2.45) is 0 Å². The van der Waals surface area contributed by atoms with E-state index in [-0.39, 0.29) is 25.0 Å². The Morgan fingerprint density at radius 3 is 2.75 bits per heavy atom. The van der Waals surface area contributed by atoms with Gasteiger partial charge in [-0.3, -0.25) is 9.59 Å². The van der Waals surface area contributed by atoms with Crippen molar-refractivity contribution in [3.8, 4) is 0 Å². The smallest absolute Gasteiger partial charge is 0.310 e. The average Bonchev–Trinajstić information content (AvgIpc) is 2.93. The van der Waals surface area contributed by atoms with Gasteiger partial charge in [0.25, 0.3) is 5.91 Å². The molecule has 2 rings (SSSR count). The Labute approximate surface area is 142 Å². The standard InChI is InChI=1S/C19H25NO4/c1-5-6-13(3)20-17(21)11-23-18(22)9-15-10-24-19-14(4)12(2)7-8-16(15)19/h7-8,10,13H,5-6,9,11H2,1-4H3,(H,20,21)/t13-/m0/s1. The Morgan fingerprint density at radius 1 is 1.29 bits per heavy atom. The molecule has 0 bridgehead atoms. The van der Waals surface area contributed by atoms with Gasteiger partial charge in [0, 0.05) is 17.0 Å². The molecule has 1 atom stereocenters. The van der Waals surface area contributed by atoms with Crippen LogP contribution in [-0.4, -0.2) is 24.5 Å². The Kier molecular flexibility index (Phi) is 6.01. The van der Waals surface area contributed by atoms with Gasteiger partial charge >= 0.3 is 5.97 Å². The molecule has 1 N–H and O–H groups in total. The highest BCUT2D eigenvalue weighted by Gasteiger charge is 2.15. The minimum atomic E-state index is -0.436. The maximum atomic E-state index is 12.0. The molecule has 0 fully saturated rings. The van der Waals surface area contributed by atoms with E-state index in [9.17, 15) is 9.59 Å². The number of nitrogens with one attached hydrogen (secondary N) is 1. The van der Waals surface area contributed by atoms with Crippen molar-refractivity contribution in [1.29, 1.82) is 0 Å². The number of ether oxygens (including phenoxy) is 1. The summed E-state index contributed by atoms with van der Waals surface area (Å²) in [6.45, 7) is 7.75. The van der Waals surface area contributed by atoms with Gasteiger partial charge in [-0.1, -0.05) is 25.5 Å². The Balaban J connectivity index is 1.91. The second-order valence-corrected chi connectivity index (χ2v) is 6.24. The Hall–Kier alpha value is -2.30. The number of furan rings is 1. The lowest BCUT2D eigenvalue weighted by Crippen LogP contribution is -2.35. The summed E-state index contributed by atoms with van der Waals surface area (Å²) in [6, 6.07) is 4.04. The third-order valence-electron chi connectivity index (χ3n) is 4.17. The van der Waals surface area contributed by atoms with Crippen molar-refractivity contribution in [2.75, 3.05) is 6.61 Å². The van der Waals surface area contributed by atoms with E-state index in [2.05, 4.69) is 12.2 Å². The molecule has 0 unspecified atom stereocenters. The minimum absolute atomic E-state index is 0.0882. The molecule has 0 aliphatic rings. The zero-order valence-electron chi connectivity index (χ0n) is 14.8. The summed E-state index contributed by atoms with van der Waals surface area (Å²) >= 11 is 0. The monoisotopic (exact) mass is 331 g/mol. The largest absolute Gasteiger partial charge is 0.464 e. The number of fused-ring (bicyclic) bond motifs is 1. The molecule has 5 nitrogen and oxygen atoms in total. The van der Waals surface area contributed by atoms with Gasteiger partial charge in [0.1, 0.15) is 5.58 Å². The van der Waals surface area contributed by atoms with Gasteiger partial charge in [0.2, 0.25) is 0 Å². The molecule has 130 valence electrons. The number of carbonyl (C=O) groups excluding carboxylic acids is 2. The van der Waals surface area contributed by atoms with Gasteiger partial charge < -0.3 is 14.5 Å². The highest BCUT2D eigenvalue weighted by Crippen LogP contribution is 2.26. The first-order valence-electron chi connectivity index (χ1n) is 8.33.